The summed E-state index contributed by atoms with van der Waals surface area (Å²) in [7, 11) is 0. The molecule has 1 aliphatic carbocycles. The van der Waals surface area contributed by atoms with Gasteiger partial charge in [-0.3, -0.25) is 0 Å². The number of hydrogen-bond acceptors (Lipinski definition) is 0. The first-order chi connectivity index (χ1) is 13.8. The second kappa shape index (κ2) is 17.8. The molecule has 0 spiro atoms. The van der Waals surface area contributed by atoms with Crippen LogP contribution < -0.4 is 24.8 Å². The van der Waals surface area contributed by atoms with Gasteiger partial charge < -0.3 is 24.8 Å². The summed E-state index contributed by atoms with van der Waals surface area (Å²) in [4.78, 5) is 0. The molecular weight excluding hydrogens is 486 g/mol. The molecular formula is C27H32Cl2Zr-2. The zero-order valence-corrected chi connectivity index (χ0v) is 22.1. The maximum absolute atomic E-state index is 3.30. The van der Waals surface area contributed by atoms with Gasteiger partial charge in [0.1, 0.15) is 0 Å². The van der Waals surface area contributed by atoms with E-state index < -0.39 is 0 Å². The van der Waals surface area contributed by atoms with Crippen molar-refractivity contribution in [1.82, 2.24) is 0 Å². The first kappa shape index (κ1) is 29.1. The molecule has 0 radical (unpaired) electrons. The fourth-order valence-electron chi connectivity index (χ4n) is 3.22. The molecule has 3 aromatic rings. The van der Waals surface area contributed by atoms with Crippen molar-refractivity contribution in [1.29, 1.82) is 0 Å². The van der Waals surface area contributed by atoms with Crippen molar-refractivity contribution in [3.8, 4) is 11.1 Å². The fourth-order valence-corrected chi connectivity index (χ4v) is 4.09. The van der Waals surface area contributed by atoms with E-state index in [4.69, 9.17) is 0 Å². The van der Waals surface area contributed by atoms with Crippen LogP contribution in [-0.4, -0.2) is 3.21 Å². The summed E-state index contributed by atoms with van der Waals surface area (Å²) in [5.41, 5.74) is 5.51. The quantitative estimate of drug-likeness (QED) is 0.340. The maximum atomic E-state index is 3.30. The SMILES string of the molecule is CCCC[C](=[Zr+2])CCCC.[Cl-].[Cl-].[c-]1cccc2c1Cc1ccccc1-2.c1cc[cH-]c1. The monoisotopic (exact) mass is 516 g/mol. The Morgan fingerprint density at radius 3 is 2.03 bits per heavy atom. The molecule has 30 heavy (non-hydrogen) atoms. The molecule has 3 aromatic carbocycles. The van der Waals surface area contributed by atoms with Gasteiger partial charge in [-0.1, -0.05) is 35.4 Å². The minimum atomic E-state index is 0. The Morgan fingerprint density at radius 2 is 1.47 bits per heavy atom. The fraction of sp³-hybridized carbons (Fsp3) is 0.333. The van der Waals surface area contributed by atoms with Gasteiger partial charge in [0.15, 0.2) is 0 Å². The average Bonchev–Trinajstić information content (AvgIpc) is 3.42. The number of unbranched alkanes of at least 4 members (excludes halogenated alkanes) is 2. The molecule has 3 heteroatoms. The molecule has 0 aliphatic heterocycles. The average molecular weight is 519 g/mol. The summed E-state index contributed by atoms with van der Waals surface area (Å²) < 4.78 is 1.79. The molecule has 0 heterocycles. The number of rotatable bonds is 6. The summed E-state index contributed by atoms with van der Waals surface area (Å²) in [6, 6.07) is 28.1. The molecule has 0 saturated carbocycles. The predicted molar refractivity (Wildman–Crippen MR) is 120 cm³/mol. The summed E-state index contributed by atoms with van der Waals surface area (Å²) in [5.74, 6) is 0. The number of halogens is 2. The molecule has 0 saturated heterocycles. The molecule has 0 nitrogen and oxygen atoms in total. The van der Waals surface area contributed by atoms with Crippen LogP contribution in [0.5, 0.6) is 0 Å². The Morgan fingerprint density at radius 1 is 0.867 bits per heavy atom. The van der Waals surface area contributed by atoms with Gasteiger partial charge >= 0.3 is 79.8 Å². The molecule has 0 fully saturated rings. The smallest absolute Gasteiger partial charge is 0.0253 e. The van der Waals surface area contributed by atoms with Crippen molar-refractivity contribution < 1.29 is 49.0 Å². The molecule has 0 amide bonds. The van der Waals surface area contributed by atoms with Crippen LogP contribution in [0.1, 0.15) is 63.5 Å². The van der Waals surface area contributed by atoms with Crippen molar-refractivity contribution in [2.75, 3.05) is 0 Å². The Bertz CT molecular complexity index is 739. The van der Waals surface area contributed by atoms with E-state index in [1.54, 1.807) is 27.4 Å². The van der Waals surface area contributed by atoms with E-state index in [0.29, 0.717) is 0 Å². The second-order valence-electron chi connectivity index (χ2n) is 7.17. The van der Waals surface area contributed by atoms with Gasteiger partial charge in [0.05, 0.1) is 0 Å². The van der Waals surface area contributed by atoms with Gasteiger partial charge in [0.2, 0.25) is 0 Å². The maximum Gasteiger partial charge on any atom is -0.0253 e. The zero-order valence-electron chi connectivity index (χ0n) is 18.1. The summed E-state index contributed by atoms with van der Waals surface area (Å²) in [6.07, 6.45) is 9.36. The summed E-state index contributed by atoms with van der Waals surface area (Å²) >= 11 is 1.67. The Balaban J connectivity index is 0.000000444. The van der Waals surface area contributed by atoms with Crippen LogP contribution in [-0.2, 0) is 30.7 Å². The first-order valence-corrected chi connectivity index (χ1v) is 11.8. The largest absolute Gasteiger partial charge is 1.00 e. The standard InChI is InChI=1S/C13H9.C9H18.C5H5.2ClH.Zr/c1-3-7-12-10(5-1)9-11-6-2-4-8-13(11)12;1-3-5-7-9-8-6-4-2;1-2-4-5-3-1;;;/h1-5,7-8H,9H2;3-8H2,1-2H3;1-5H;2*1H;/q-1;;-1;;;+2/p-2. The van der Waals surface area contributed by atoms with Crippen molar-refractivity contribution in [3.63, 3.8) is 0 Å². The van der Waals surface area contributed by atoms with Crippen molar-refractivity contribution >= 4 is 3.21 Å². The minimum absolute atomic E-state index is 0. The van der Waals surface area contributed by atoms with Crippen molar-refractivity contribution in [3.05, 3.63) is 90.0 Å². The van der Waals surface area contributed by atoms with Gasteiger partial charge in [-0.15, -0.1) is 5.56 Å². The van der Waals surface area contributed by atoms with E-state index in [-0.39, 0.29) is 24.8 Å². The molecule has 4 rings (SSSR count). The number of hydrogen-bond donors (Lipinski definition) is 0. The number of benzene rings is 2. The van der Waals surface area contributed by atoms with E-state index in [1.165, 1.54) is 60.8 Å². The molecule has 0 atom stereocenters. The topological polar surface area (TPSA) is 0 Å². The van der Waals surface area contributed by atoms with Gasteiger partial charge in [-0.05, 0) is 6.42 Å². The van der Waals surface area contributed by atoms with Crippen LogP contribution in [0.3, 0.4) is 0 Å². The normalized spacial score (nSPS) is 10.0. The van der Waals surface area contributed by atoms with Gasteiger partial charge in [-0.25, -0.2) is 12.1 Å². The predicted octanol–water partition coefficient (Wildman–Crippen LogP) is 1.56. The molecule has 0 N–H and O–H groups in total. The van der Waals surface area contributed by atoms with Gasteiger partial charge in [0, 0.05) is 0 Å². The van der Waals surface area contributed by atoms with Crippen LogP contribution >= 0.6 is 0 Å². The third-order valence-electron chi connectivity index (χ3n) is 4.84. The second-order valence-corrected chi connectivity index (χ2v) is 8.91. The van der Waals surface area contributed by atoms with Gasteiger partial charge in [-0.2, -0.15) is 48.0 Å². The Kier molecular flexibility index (Phi) is 17.2. The van der Waals surface area contributed by atoms with Crippen LogP contribution in [0.25, 0.3) is 11.1 Å². The van der Waals surface area contributed by atoms with Gasteiger partial charge in [0.25, 0.3) is 0 Å². The molecule has 160 valence electrons. The van der Waals surface area contributed by atoms with E-state index in [1.807, 2.05) is 36.4 Å². The molecule has 0 unspecified atom stereocenters. The Labute approximate surface area is 211 Å². The number of fused-ring (bicyclic) bond motifs is 3. The van der Waals surface area contributed by atoms with Crippen LogP contribution in [0.2, 0.25) is 0 Å². The molecule has 0 aromatic heterocycles. The van der Waals surface area contributed by atoms with Crippen LogP contribution in [0, 0.1) is 6.07 Å². The minimum Gasteiger partial charge on any atom is -1.00 e. The summed E-state index contributed by atoms with van der Waals surface area (Å²) in [5, 5.41) is 0. The third-order valence-corrected chi connectivity index (χ3v) is 6.07. The molecule has 1 aliphatic rings. The summed E-state index contributed by atoms with van der Waals surface area (Å²) in [6.45, 7) is 4.53. The van der Waals surface area contributed by atoms with Crippen LogP contribution in [0.4, 0.5) is 0 Å². The first-order valence-electron chi connectivity index (χ1n) is 10.6. The van der Waals surface area contributed by atoms with E-state index in [9.17, 15) is 0 Å². The van der Waals surface area contributed by atoms with E-state index >= 15 is 0 Å². The third kappa shape index (κ3) is 10.4. The van der Waals surface area contributed by atoms with Crippen LogP contribution in [0.15, 0.2) is 72.8 Å². The molecule has 0 bridgehead atoms. The Hall–Kier alpha value is -0.877. The van der Waals surface area contributed by atoms with Crippen molar-refractivity contribution in [2.24, 2.45) is 0 Å². The van der Waals surface area contributed by atoms with E-state index in [2.05, 4.69) is 56.3 Å². The zero-order chi connectivity index (χ0) is 20.0. The van der Waals surface area contributed by atoms with Crippen molar-refractivity contribution in [2.45, 2.75) is 58.8 Å². The van der Waals surface area contributed by atoms with E-state index in [0.717, 1.165) is 6.42 Å².